The summed E-state index contributed by atoms with van der Waals surface area (Å²) in [5.74, 6) is -0.564. The van der Waals surface area contributed by atoms with Crippen LogP contribution in [0.4, 0.5) is 22.7 Å². The molecule has 0 saturated heterocycles. The fourth-order valence-electron chi connectivity index (χ4n) is 3.43. The number of hydrogen-bond donors (Lipinski definition) is 1. The molecule has 0 spiro atoms. The van der Waals surface area contributed by atoms with E-state index in [2.05, 4.69) is 10.2 Å². The maximum Gasteiger partial charge on any atom is 0.266 e. The smallest absolute Gasteiger partial charge is 0.266 e. The number of halogens is 2. The van der Waals surface area contributed by atoms with E-state index < -0.39 is 5.91 Å². The summed E-state index contributed by atoms with van der Waals surface area (Å²) in [6, 6.07) is 34.6. The van der Waals surface area contributed by atoms with Crippen LogP contribution in [0.15, 0.2) is 109 Å². The van der Waals surface area contributed by atoms with Gasteiger partial charge in [0, 0.05) is 17.1 Å². The molecule has 0 aromatic heterocycles. The lowest BCUT2D eigenvalue weighted by molar-refractivity contribution is -0.112. The highest BCUT2D eigenvalue weighted by Crippen LogP contribution is 2.34. The second kappa shape index (κ2) is 10.7. The summed E-state index contributed by atoms with van der Waals surface area (Å²) in [6.45, 7) is 0. The number of amides is 1. The zero-order chi connectivity index (χ0) is 23.9. The van der Waals surface area contributed by atoms with E-state index in [9.17, 15) is 10.1 Å². The van der Waals surface area contributed by atoms with E-state index in [0.717, 1.165) is 17.1 Å². The molecule has 0 aliphatic heterocycles. The molecule has 1 N–H and O–H groups in total. The molecule has 0 fully saturated rings. The highest BCUT2D eigenvalue weighted by atomic mass is 35.5. The first-order chi connectivity index (χ1) is 16.6. The third-order valence-electron chi connectivity index (χ3n) is 5.06. The van der Waals surface area contributed by atoms with Crippen LogP contribution < -0.4 is 10.2 Å². The van der Waals surface area contributed by atoms with Crippen LogP contribution in [0.5, 0.6) is 0 Å². The molecule has 0 heterocycles. The summed E-state index contributed by atoms with van der Waals surface area (Å²) >= 11 is 12.1. The first kappa shape index (κ1) is 23.1. The first-order valence-electron chi connectivity index (χ1n) is 10.4. The summed E-state index contributed by atoms with van der Waals surface area (Å²) < 4.78 is 0. The fourth-order valence-corrected chi connectivity index (χ4v) is 3.77. The van der Waals surface area contributed by atoms with Gasteiger partial charge >= 0.3 is 0 Å². The molecule has 1 amide bonds. The summed E-state index contributed by atoms with van der Waals surface area (Å²) in [4.78, 5) is 14.8. The molecule has 0 atom stereocenters. The van der Waals surface area contributed by atoms with Crippen molar-refractivity contribution >= 4 is 57.9 Å². The molecule has 4 aromatic carbocycles. The summed E-state index contributed by atoms with van der Waals surface area (Å²) in [7, 11) is 0. The Morgan fingerprint density at radius 3 is 1.88 bits per heavy atom. The molecular formula is C28H19Cl2N3O. The lowest BCUT2D eigenvalue weighted by Crippen LogP contribution is -2.13. The summed E-state index contributed by atoms with van der Waals surface area (Å²) in [5, 5.41) is 12.7. The zero-order valence-corrected chi connectivity index (χ0v) is 19.5. The Kier molecular flexibility index (Phi) is 7.29. The minimum absolute atomic E-state index is 0.0493. The van der Waals surface area contributed by atoms with Gasteiger partial charge in [-0.15, -0.1) is 0 Å². The minimum Gasteiger partial charge on any atom is -0.320 e. The molecular weight excluding hydrogens is 465 g/mol. The van der Waals surface area contributed by atoms with Gasteiger partial charge in [0.05, 0.1) is 15.7 Å². The van der Waals surface area contributed by atoms with E-state index in [4.69, 9.17) is 23.2 Å². The van der Waals surface area contributed by atoms with Gasteiger partial charge in [0.1, 0.15) is 11.6 Å². The fraction of sp³-hybridized carbons (Fsp3) is 0. The van der Waals surface area contributed by atoms with E-state index in [1.54, 1.807) is 18.2 Å². The third-order valence-corrected chi connectivity index (χ3v) is 5.87. The van der Waals surface area contributed by atoms with Gasteiger partial charge in [-0.3, -0.25) is 4.79 Å². The molecule has 6 heteroatoms. The van der Waals surface area contributed by atoms with Crippen molar-refractivity contribution < 1.29 is 4.79 Å². The van der Waals surface area contributed by atoms with Crippen LogP contribution in [-0.4, -0.2) is 5.91 Å². The average molecular weight is 484 g/mol. The lowest BCUT2D eigenvalue weighted by Gasteiger charge is -2.25. The van der Waals surface area contributed by atoms with Crippen molar-refractivity contribution in [3.8, 4) is 6.07 Å². The number of nitriles is 1. The third kappa shape index (κ3) is 5.29. The first-order valence-corrected chi connectivity index (χ1v) is 11.2. The van der Waals surface area contributed by atoms with Crippen LogP contribution in [0.25, 0.3) is 6.08 Å². The second-order valence-electron chi connectivity index (χ2n) is 7.32. The quantitative estimate of drug-likeness (QED) is 0.223. The van der Waals surface area contributed by atoms with Crippen LogP contribution in [-0.2, 0) is 4.79 Å². The predicted octanol–water partition coefficient (Wildman–Crippen LogP) is 8.01. The zero-order valence-electron chi connectivity index (χ0n) is 18.0. The van der Waals surface area contributed by atoms with Crippen LogP contribution in [0, 0.1) is 11.3 Å². The molecule has 4 aromatic rings. The number of para-hydroxylation sites is 2. The van der Waals surface area contributed by atoms with Gasteiger partial charge in [0.25, 0.3) is 5.91 Å². The van der Waals surface area contributed by atoms with Gasteiger partial charge < -0.3 is 10.2 Å². The van der Waals surface area contributed by atoms with Crippen molar-refractivity contribution in [1.29, 1.82) is 5.26 Å². The number of nitrogens with one attached hydrogen (secondary N) is 1. The van der Waals surface area contributed by atoms with Gasteiger partial charge in [-0.25, -0.2) is 0 Å². The number of benzene rings is 4. The van der Waals surface area contributed by atoms with Crippen molar-refractivity contribution in [1.82, 2.24) is 0 Å². The number of hydrogen-bond acceptors (Lipinski definition) is 3. The van der Waals surface area contributed by atoms with Gasteiger partial charge in [0.15, 0.2) is 0 Å². The SMILES string of the molecule is N#CC(=Cc1ccc(N(c2ccccc2)c2ccccc2)cc1)C(=O)Nc1cccc(Cl)c1Cl. The van der Waals surface area contributed by atoms with Crippen molar-refractivity contribution in [3.63, 3.8) is 0 Å². The Bertz CT molecular complexity index is 1320. The molecule has 0 saturated carbocycles. The number of carbonyl (C=O) groups is 1. The summed E-state index contributed by atoms with van der Waals surface area (Å²) in [5.41, 5.74) is 4.00. The van der Waals surface area contributed by atoms with Gasteiger partial charge in [-0.2, -0.15) is 5.26 Å². The highest BCUT2D eigenvalue weighted by Gasteiger charge is 2.14. The van der Waals surface area contributed by atoms with Crippen molar-refractivity contribution in [2.75, 3.05) is 10.2 Å². The molecule has 0 bridgehead atoms. The van der Waals surface area contributed by atoms with Crippen molar-refractivity contribution in [2.24, 2.45) is 0 Å². The molecule has 34 heavy (non-hydrogen) atoms. The maximum atomic E-state index is 12.6. The van der Waals surface area contributed by atoms with Crippen LogP contribution >= 0.6 is 23.2 Å². The Hall–Kier alpha value is -4.04. The Morgan fingerprint density at radius 2 is 1.32 bits per heavy atom. The number of nitrogens with zero attached hydrogens (tertiary/aromatic N) is 2. The Morgan fingerprint density at radius 1 is 0.765 bits per heavy atom. The largest absolute Gasteiger partial charge is 0.320 e. The molecule has 4 nitrogen and oxygen atoms in total. The highest BCUT2D eigenvalue weighted by molar-refractivity contribution is 6.44. The number of anilines is 4. The number of carbonyl (C=O) groups excluding carboxylic acids is 1. The minimum atomic E-state index is -0.564. The number of rotatable bonds is 6. The van der Waals surface area contributed by atoms with E-state index in [-0.39, 0.29) is 10.6 Å². The maximum absolute atomic E-state index is 12.6. The Labute approximate surface area is 208 Å². The van der Waals surface area contributed by atoms with Crippen molar-refractivity contribution in [3.05, 3.63) is 124 Å². The van der Waals surface area contributed by atoms with E-state index in [0.29, 0.717) is 16.3 Å². The Balaban J connectivity index is 1.61. The molecule has 0 aliphatic carbocycles. The van der Waals surface area contributed by atoms with E-state index in [1.807, 2.05) is 91.0 Å². The second-order valence-corrected chi connectivity index (χ2v) is 8.11. The molecule has 0 unspecified atom stereocenters. The van der Waals surface area contributed by atoms with Crippen LogP contribution in [0.1, 0.15) is 5.56 Å². The van der Waals surface area contributed by atoms with Gasteiger partial charge in [-0.1, -0.05) is 77.8 Å². The van der Waals surface area contributed by atoms with Gasteiger partial charge in [0.2, 0.25) is 0 Å². The molecule has 0 radical (unpaired) electrons. The van der Waals surface area contributed by atoms with Crippen LogP contribution in [0.3, 0.4) is 0 Å². The summed E-state index contributed by atoms with van der Waals surface area (Å²) in [6.07, 6.45) is 1.53. The predicted molar refractivity (Wildman–Crippen MR) is 140 cm³/mol. The lowest BCUT2D eigenvalue weighted by atomic mass is 10.1. The van der Waals surface area contributed by atoms with E-state index in [1.165, 1.54) is 6.08 Å². The van der Waals surface area contributed by atoms with Crippen molar-refractivity contribution in [2.45, 2.75) is 0 Å². The molecule has 0 aliphatic rings. The molecule has 4 rings (SSSR count). The monoisotopic (exact) mass is 483 g/mol. The normalized spacial score (nSPS) is 10.9. The standard InChI is InChI=1S/C28H19Cl2N3O/c29-25-12-7-13-26(27(25)30)32-28(34)21(19-31)18-20-14-16-24(17-15-20)33(22-8-3-1-4-9-22)23-10-5-2-6-11-23/h1-18H,(H,32,34). The van der Waals surface area contributed by atoms with E-state index >= 15 is 0 Å². The van der Waals surface area contributed by atoms with Gasteiger partial charge in [-0.05, 0) is 60.2 Å². The topological polar surface area (TPSA) is 56.1 Å². The molecule has 166 valence electrons. The van der Waals surface area contributed by atoms with Crippen LogP contribution in [0.2, 0.25) is 10.0 Å². The average Bonchev–Trinajstić information content (AvgIpc) is 2.87.